The summed E-state index contributed by atoms with van der Waals surface area (Å²) >= 11 is 18.5. The molecule has 15 heteroatoms. The molecule has 1 atom stereocenters. The fourth-order valence-corrected chi connectivity index (χ4v) is 6.18. The minimum atomic E-state index is -4.65. The van der Waals surface area contributed by atoms with Crippen LogP contribution in [0.1, 0.15) is 31.4 Å². The van der Waals surface area contributed by atoms with Crippen molar-refractivity contribution in [2.75, 3.05) is 24.5 Å². The number of sulfonamides is 1. The lowest BCUT2D eigenvalue weighted by Crippen LogP contribution is -2.51. The topological polar surface area (TPSA) is 139 Å². The summed E-state index contributed by atoms with van der Waals surface area (Å²) in [5.41, 5.74) is 0.274. The van der Waals surface area contributed by atoms with Gasteiger partial charge in [-0.05, 0) is 62.2 Å². The molecule has 0 fully saturated rings. The van der Waals surface area contributed by atoms with Crippen LogP contribution in [0.25, 0.3) is 0 Å². The summed E-state index contributed by atoms with van der Waals surface area (Å²) in [4.78, 5) is 38.8. The zero-order chi connectivity index (χ0) is 32.8. The molecule has 2 amide bonds. The van der Waals surface area contributed by atoms with Crippen LogP contribution < -0.4 is 14.4 Å². The molecule has 0 aliphatic carbocycles. The largest absolute Gasteiger partial charge is 0.495 e. The number of amides is 2. The molecule has 1 N–H and O–H groups in total. The normalized spacial score (nSPS) is 11.9. The van der Waals surface area contributed by atoms with Crippen LogP contribution in [0, 0.1) is 17.0 Å². The van der Waals surface area contributed by atoms with Crippen LogP contribution >= 0.6 is 34.8 Å². The third-order valence-corrected chi connectivity index (χ3v) is 9.44. The van der Waals surface area contributed by atoms with E-state index in [2.05, 4.69) is 5.32 Å². The quantitative estimate of drug-likeness (QED) is 0.172. The molecule has 11 nitrogen and oxygen atoms in total. The second-order valence-electron chi connectivity index (χ2n) is 9.77. The van der Waals surface area contributed by atoms with Crippen LogP contribution in [0.5, 0.6) is 5.75 Å². The Morgan fingerprint density at radius 2 is 1.75 bits per heavy atom. The maximum atomic E-state index is 14.2. The summed E-state index contributed by atoms with van der Waals surface area (Å²) in [6.07, 6.45) is 0.655. The lowest BCUT2D eigenvalue weighted by molar-refractivity contribution is -0.385. The average Bonchev–Trinajstić information content (AvgIpc) is 2.98. The number of nitrogens with zero attached hydrogens (tertiary/aromatic N) is 3. The highest BCUT2D eigenvalue weighted by Gasteiger charge is 2.35. The Morgan fingerprint density at radius 3 is 2.36 bits per heavy atom. The highest BCUT2D eigenvalue weighted by Crippen LogP contribution is 2.36. The highest BCUT2D eigenvalue weighted by molar-refractivity contribution is 7.92. The average molecular weight is 686 g/mol. The molecule has 0 aromatic heterocycles. The minimum Gasteiger partial charge on any atom is -0.495 e. The van der Waals surface area contributed by atoms with Crippen molar-refractivity contribution in [3.63, 3.8) is 0 Å². The number of ether oxygens (including phenoxy) is 1. The number of hydrogen-bond donors (Lipinski definition) is 1. The van der Waals surface area contributed by atoms with Crippen LogP contribution in [0.4, 0.5) is 11.4 Å². The predicted molar refractivity (Wildman–Crippen MR) is 170 cm³/mol. The van der Waals surface area contributed by atoms with Crippen LogP contribution in [0.2, 0.25) is 15.1 Å². The standard InChI is InChI=1S/C29H31Cl3N4O7S/c1-5-12-33-29(38)19(3)34(16-20-7-10-23(31)24(32)13-20)28(37)17-35(26-14-21(30)8-11-27(26)43-4)44(41,42)22-9-6-18(2)25(15-22)36(39)40/h6-11,13-15,19H,5,12,16-17H2,1-4H3,(H,33,38)/t19-/m1/s1. The van der Waals surface area contributed by atoms with E-state index in [-0.39, 0.29) is 33.6 Å². The first kappa shape index (κ1) is 34.9. The van der Waals surface area contributed by atoms with Crippen molar-refractivity contribution in [1.29, 1.82) is 0 Å². The van der Waals surface area contributed by atoms with E-state index < -0.39 is 49.9 Å². The molecular weight excluding hydrogens is 655 g/mol. The molecular formula is C29H31Cl3N4O7S. The van der Waals surface area contributed by atoms with E-state index in [0.717, 1.165) is 10.4 Å². The number of hydrogen-bond acceptors (Lipinski definition) is 7. The number of aryl methyl sites for hydroxylation is 1. The van der Waals surface area contributed by atoms with E-state index in [1.165, 1.54) is 56.2 Å². The van der Waals surface area contributed by atoms with Gasteiger partial charge in [-0.3, -0.25) is 24.0 Å². The Kier molecular flexibility index (Phi) is 11.8. The summed E-state index contributed by atoms with van der Waals surface area (Å²) in [5.74, 6) is -1.15. The van der Waals surface area contributed by atoms with Crippen LogP contribution in [-0.2, 0) is 26.2 Å². The van der Waals surface area contributed by atoms with Crippen molar-refractivity contribution >= 4 is 68.0 Å². The maximum absolute atomic E-state index is 14.2. The molecule has 3 aromatic rings. The number of halogens is 3. The van der Waals surface area contributed by atoms with Crippen LogP contribution in [0.15, 0.2) is 59.5 Å². The molecule has 0 heterocycles. The first-order chi connectivity index (χ1) is 20.7. The Bertz CT molecular complexity index is 1670. The summed E-state index contributed by atoms with van der Waals surface area (Å²) < 4.78 is 34.5. The lowest BCUT2D eigenvalue weighted by atomic mass is 10.1. The predicted octanol–water partition coefficient (Wildman–Crippen LogP) is 6.01. The molecule has 44 heavy (non-hydrogen) atoms. The van der Waals surface area contributed by atoms with Crippen molar-refractivity contribution in [3.05, 3.63) is 90.9 Å². The SMILES string of the molecule is CCCNC(=O)[C@@H](C)N(Cc1ccc(Cl)c(Cl)c1)C(=O)CN(c1cc(Cl)ccc1OC)S(=O)(=O)c1ccc(C)c([N+](=O)[O-])c1. The number of nitro benzene ring substituents is 1. The molecule has 0 aliphatic rings. The number of methoxy groups -OCH3 is 1. The molecule has 0 radical (unpaired) electrons. The molecule has 3 rings (SSSR count). The highest BCUT2D eigenvalue weighted by atomic mass is 35.5. The van der Waals surface area contributed by atoms with Gasteiger partial charge in [0.2, 0.25) is 11.8 Å². The van der Waals surface area contributed by atoms with Gasteiger partial charge < -0.3 is 15.0 Å². The lowest BCUT2D eigenvalue weighted by Gasteiger charge is -2.32. The fraction of sp³-hybridized carbons (Fsp3) is 0.310. The van der Waals surface area contributed by atoms with Gasteiger partial charge in [-0.15, -0.1) is 0 Å². The molecule has 0 saturated heterocycles. The summed E-state index contributed by atoms with van der Waals surface area (Å²) in [6.45, 7) is 4.30. The van der Waals surface area contributed by atoms with Crippen molar-refractivity contribution in [2.24, 2.45) is 0 Å². The van der Waals surface area contributed by atoms with Gasteiger partial charge in [0.15, 0.2) is 0 Å². The summed E-state index contributed by atoms with van der Waals surface area (Å²) in [6, 6.07) is 11.3. The Hall–Kier alpha value is -3.58. The third-order valence-electron chi connectivity index (χ3n) is 6.71. The minimum absolute atomic E-state index is 0.0668. The molecule has 236 valence electrons. The van der Waals surface area contributed by atoms with Gasteiger partial charge in [0.1, 0.15) is 18.3 Å². The Labute approximate surface area is 270 Å². The van der Waals surface area contributed by atoms with Crippen LogP contribution in [-0.4, -0.2) is 56.3 Å². The second kappa shape index (κ2) is 14.9. The Morgan fingerprint density at radius 1 is 1.05 bits per heavy atom. The molecule has 0 unspecified atom stereocenters. The number of benzene rings is 3. The van der Waals surface area contributed by atoms with Gasteiger partial charge in [-0.25, -0.2) is 8.42 Å². The molecule has 0 saturated carbocycles. The first-order valence-electron chi connectivity index (χ1n) is 13.3. The van der Waals surface area contributed by atoms with Gasteiger partial charge in [0.25, 0.3) is 15.7 Å². The van der Waals surface area contributed by atoms with Crippen molar-refractivity contribution in [1.82, 2.24) is 10.2 Å². The van der Waals surface area contributed by atoms with E-state index in [4.69, 9.17) is 39.5 Å². The zero-order valence-electron chi connectivity index (χ0n) is 24.3. The van der Waals surface area contributed by atoms with E-state index >= 15 is 0 Å². The van der Waals surface area contributed by atoms with Crippen molar-refractivity contribution in [2.45, 2.75) is 44.7 Å². The van der Waals surface area contributed by atoms with E-state index in [1.807, 2.05) is 6.92 Å². The number of rotatable bonds is 13. The number of carbonyl (C=O) groups is 2. The number of anilines is 1. The fourth-order valence-electron chi connectivity index (χ4n) is 4.26. The summed E-state index contributed by atoms with van der Waals surface area (Å²) in [7, 11) is -3.33. The van der Waals surface area contributed by atoms with Crippen molar-refractivity contribution in [3.8, 4) is 5.75 Å². The van der Waals surface area contributed by atoms with Gasteiger partial charge in [-0.1, -0.05) is 53.9 Å². The zero-order valence-corrected chi connectivity index (χ0v) is 27.4. The molecule has 0 bridgehead atoms. The molecule has 3 aromatic carbocycles. The number of nitro groups is 1. The number of carbonyl (C=O) groups excluding carboxylic acids is 2. The third kappa shape index (κ3) is 8.12. The maximum Gasteiger partial charge on any atom is 0.273 e. The van der Waals surface area contributed by atoms with Crippen LogP contribution in [0.3, 0.4) is 0 Å². The second-order valence-corrected chi connectivity index (χ2v) is 12.9. The Balaban J connectivity index is 2.16. The molecule has 0 spiro atoms. The van der Waals surface area contributed by atoms with Gasteiger partial charge in [0, 0.05) is 29.7 Å². The monoisotopic (exact) mass is 684 g/mol. The van der Waals surface area contributed by atoms with E-state index in [9.17, 15) is 28.1 Å². The summed E-state index contributed by atoms with van der Waals surface area (Å²) in [5, 5.41) is 15.0. The van der Waals surface area contributed by atoms with E-state index in [1.54, 1.807) is 18.2 Å². The smallest absolute Gasteiger partial charge is 0.273 e. The number of nitrogens with one attached hydrogen (secondary N) is 1. The molecule has 0 aliphatic heterocycles. The van der Waals surface area contributed by atoms with E-state index in [0.29, 0.717) is 23.6 Å². The first-order valence-corrected chi connectivity index (χ1v) is 15.9. The van der Waals surface area contributed by atoms with Crippen molar-refractivity contribution < 1.29 is 27.7 Å². The van der Waals surface area contributed by atoms with Gasteiger partial charge in [0.05, 0.1) is 32.7 Å². The van der Waals surface area contributed by atoms with Gasteiger partial charge in [-0.2, -0.15) is 0 Å². The van der Waals surface area contributed by atoms with Gasteiger partial charge >= 0.3 is 0 Å².